The maximum absolute atomic E-state index is 5.78. The molecule has 0 aliphatic rings. The molecule has 0 spiro atoms. The predicted octanol–water partition coefficient (Wildman–Crippen LogP) is 5.45. The second-order valence-corrected chi connectivity index (χ2v) is 7.13. The van der Waals surface area contributed by atoms with Crippen LogP contribution >= 0.6 is 12.2 Å². The molecule has 0 unspecified atom stereocenters. The van der Waals surface area contributed by atoms with Crippen LogP contribution in [0, 0.1) is 5.92 Å². The summed E-state index contributed by atoms with van der Waals surface area (Å²) in [5, 5.41) is 4.23. The monoisotopic (exact) mass is 355 g/mol. The van der Waals surface area contributed by atoms with E-state index >= 15 is 0 Å². The predicted molar refractivity (Wildman–Crippen MR) is 111 cm³/mol. The van der Waals surface area contributed by atoms with E-state index in [1.807, 2.05) is 24.4 Å². The van der Waals surface area contributed by atoms with Crippen molar-refractivity contribution in [3.8, 4) is 0 Å². The van der Waals surface area contributed by atoms with Crippen molar-refractivity contribution in [2.45, 2.75) is 46.6 Å². The molecule has 25 heavy (non-hydrogen) atoms. The van der Waals surface area contributed by atoms with Gasteiger partial charge in [0.25, 0.3) is 0 Å². The number of para-hydroxylation sites is 1. The summed E-state index contributed by atoms with van der Waals surface area (Å²) < 4.78 is 0. The molecule has 1 aromatic heterocycles. The van der Waals surface area contributed by atoms with Gasteiger partial charge in [0.2, 0.25) is 0 Å². The van der Waals surface area contributed by atoms with Crippen LogP contribution in [0.2, 0.25) is 0 Å². The molecule has 1 N–H and O–H groups in total. The number of rotatable bonds is 7. The van der Waals surface area contributed by atoms with Crippen LogP contribution < -0.4 is 5.32 Å². The molecule has 0 saturated heterocycles. The Bertz CT molecular complexity index is 670. The number of anilines is 1. The number of aryl methyl sites for hydroxylation is 1. The third-order valence-corrected chi connectivity index (χ3v) is 4.77. The van der Waals surface area contributed by atoms with E-state index < -0.39 is 0 Å². The van der Waals surface area contributed by atoms with Crippen molar-refractivity contribution in [2.75, 3.05) is 11.9 Å². The van der Waals surface area contributed by atoms with Crippen molar-refractivity contribution < 1.29 is 0 Å². The molecule has 1 heterocycles. The highest BCUT2D eigenvalue weighted by Gasteiger charge is 2.20. The number of nitrogens with zero attached hydrogens (tertiary/aromatic N) is 2. The van der Waals surface area contributed by atoms with E-state index in [0.29, 0.717) is 5.92 Å². The van der Waals surface area contributed by atoms with Crippen LogP contribution in [-0.2, 0) is 6.42 Å². The summed E-state index contributed by atoms with van der Waals surface area (Å²) in [7, 11) is 0. The molecule has 0 bridgehead atoms. The first-order valence-corrected chi connectivity index (χ1v) is 9.50. The molecular weight excluding hydrogens is 326 g/mol. The highest BCUT2D eigenvalue weighted by atomic mass is 32.1. The van der Waals surface area contributed by atoms with Crippen molar-refractivity contribution in [2.24, 2.45) is 5.92 Å². The topological polar surface area (TPSA) is 28.2 Å². The number of aromatic nitrogens is 1. The van der Waals surface area contributed by atoms with E-state index in [1.165, 1.54) is 5.56 Å². The maximum Gasteiger partial charge on any atom is 0.173 e. The Balaban J connectivity index is 2.20. The molecule has 2 aromatic rings. The third-order valence-electron chi connectivity index (χ3n) is 4.43. The summed E-state index contributed by atoms with van der Waals surface area (Å²) in [6.45, 7) is 9.73. The van der Waals surface area contributed by atoms with Crippen LogP contribution in [0.3, 0.4) is 0 Å². The number of benzene rings is 1. The van der Waals surface area contributed by atoms with E-state index in [4.69, 9.17) is 12.2 Å². The first kappa shape index (κ1) is 19.4. The zero-order chi connectivity index (χ0) is 18.2. The van der Waals surface area contributed by atoms with Crippen LogP contribution in [0.25, 0.3) is 0 Å². The smallest absolute Gasteiger partial charge is 0.173 e. The average Bonchev–Trinajstić information content (AvgIpc) is 2.62. The standard InChI is InChI=1S/C21H29N3S/c1-5-18-10-6-7-12-20(18)23-21(25)24(15-13-16(2)3)17(4)19-11-8-9-14-22-19/h6-12,14,16-17H,5,13,15H2,1-4H3,(H,23,25)/t17-/m1/s1. The van der Waals surface area contributed by atoms with Gasteiger partial charge in [-0.15, -0.1) is 0 Å². The van der Waals surface area contributed by atoms with Crippen molar-refractivity contribution in [3.63, 3.8) is 0 Å². The normalized spacial score (nSPS) is 12.0. The summed E-state index contributed by atoms with van der Waals surface area (Å²) in [5.74, 6) is 0.629. The summed E-state index contributed by atoms with van der Waals surface area (Å²) in [5.41, 5.74) is 3.41. The Labute approximate surface area is 157 Å². The first-order chi connectivity index (χ1) is 12.0. The zero-order valence-electron chi connectivity index (χ0n) is 15.7. The molecule has 134 valence electrons. The lowest BCUT2D eigenvalue weighted by Crippen LogP contribution is -2.38. The Morgan fingerprint density at radius 2 is 1.84 bits per heavy atom. The van der Waals surface area contributed by atoms with Gasteiger partial charge in [0.15, 0.2) is 5.11 Å². The summed E-state index contributed by atoms with van der Waals surface area (Å²) in [6.07, 6.45) is 3.91. The zero-order valence-corrected chi connectivity index (χ0v) is 16.5. The number of thiocarbonyl (C=S) groups is 1. The molecule has 2 rings (SSSR count). The molecule has 0 aliphatic heterocycles. The van der Waals surface area contributed by atoms with Gasteiger partial charge in [-0.2, -0.15) is 0 Å². The fraction of sp³-hybridized carbons (Fsp3) is 0.429. The van der Waals surface area contributed by atoms with E-state index in [-0.39, 0.29) is 6.04 Å². The minimum atomic E-state index is 0.133. The van der Waals surface area contributed by atoms with Crippen molar-refractivity contribution in [1.29, 1.82) is 0 Å². The molecule has 0 saturated carbocycles. The fourth-order valence-corrected chi connectivity index (χ4v) is 3.15. The lowest BCUT2D eigenvalue weighted by atomic mass is 10.1. The Hall–Kier alpha value is -1.94. The Morgan fingerprint density at radius 3 is 2.48 bits per heavy atom. The second kappa shape index (κ2) is 9.52. The van der Waals surface area contributed by atoms with Crippen LogP contribution in [-0.4, -0.2) is 21.5 Å². The lowest BCUT2D eigenvalue weighted by molar-refractivity contribution is 0.313. The summed E-state index contributed by atoms with van der Waals surface area (Å²) >= 11 is 5.78. The third kappa shape index (κ3) is 5.53. The summed E-state index contributed by atoms with van der Waals surface area (Å²) in [6, 6.07) is 14.5. The molecule has 0 amide bonds. The minimum absolute atomic E-state index is 0.133. The molecule has 0 radical (unpaired) electrons. The van der Waals surface area contributed by atoms with Gasteiger partial charge in [0.1, 0.15) is 0 Å². The SMILES string of the molecule is CCc1ccccc1NC(=S)N(CCC(C)C)[C@H](C)c1ccccn1. The van der Waals surface area contributed by atoms with E-state index in [1.54, 1.807) is 0 Å². The highest BCUT2D eigenvalue weighted by molar-refractivity contribution is 7.80. The lowest BCUT2D eigenvalue weighted by Gasteiger charge is -2.32. The average molecular weight is 356 g/mol. The Kier molecular flexibility index (Phi) is 7.38. The van der Waals surface area contributed by atoms with E-state index in [0.717, 1.165) is 35.9 Å². The van der Waals surface area contributed by atoms with Crippen LogP contribution in [0.4, 0.5) is 5.69 Å². The molecule has 4 heteroatoms. The second-order valence-electron chi connectivity index (χ2n) is 6.75. The van der Waals surface area contributed by atoms with Gasteiger partial charge >= 0.3 is 0 Å². The van der Waals surface area contributed by atoms with Gasteiger partial charge in [-0.1, -0.05) is 45.0 Å². The summed E-state index contributed by atoms with van der Waals surface area (Å²) in [4.78, 5) is 6.77. The van der Waals surface area contributed by atoms with Crippen LogP contribution in [0.5, 0.6) is 0 Å². The quantitative estimate of drug-likeness (QED) is 0.669. The molecule has 0 fully saturated rings. The van der Waals surface area contributed by atoms with Gasteiger partial charge < -0.3 is 10.2 Å². The number of hydrogen-bond donors (Lipinski definition) is 1. The molecule has 3 nitrogen and oxygen atoms in total. The van der Waals surface area contributed by atoms with Crippen LogP contribution in [0.1, 0.15) is 51.4 Å². The number of pyridine rings is 1. The number of hydrogen-bond acceptors (Lipinski definition) is 2. The van der Waals surface area contributed by atoms with Gasteiger partial charge in [-0.3, -0.25) is 4.98 Å². The van der Waals surface area contributed by atoms with Gasteiger partial charge in [0, 0.05) is 18.4 Å². The fourth-order valence-electron chi connectivity index (χ4n) is 2.79. The van der Waals surface area contributed by atoms with E-state index in [2.05, 4.69) is 67.2 Å². The molecule has 1 aromatic carbocycles. The van der Waals surface area contributed by atoms with Crippen LogP contribution in [0.15, 0.2) is 48.7 Å². The molecule has 0 aliphatic carbocycles. The highest BCUT2D eigenvalue weighted by Crippen LogP contribution is 2.22. The van der Waals surface area contributed by atoms with Crippen molar-refractivity contribution >= 4 is 23.0 Å². The van der Waals surface area contributed by atoms with Gasteiger partial charge in [-0.25, -0.2) is 0 Å². The molecular formula is C21H29N3S. The maximum atomic E-state index is 5.78. The first-order valence-electron chi connectivity index (χ1n) is 9.09. The van der Waals surface area contributed by atoms with Crippen molar-refractivity contribution in [1.82, 2.24) is 9.88 Å². The number of nitrogens with one attached hydrogen (secondary N) is 1. The van der Waals surface area contributed by atoms with Gasteiger partial charge in [0.05, 0.1) is 11.7 Å². The molecule has 1 atom stereocenters. The van der Waals surface area contributed by atoms with Gasteiger partial charge in [-0.05, 0) is 61.7 Å². The minimum Gasteiger partial charge on any atom is -0.341 e. The largest absolute Gasteiger partial charge is 0.341 e. The van der Waals surface area contributed by atoms with E-state index in [9.17, 15) is 0 Å². The Morgan fingerprint density at radius 1 is 1.12 bits per heavy atom. The van der Waals surface area contributed by atoms with Crippen molar-refractivity contribution in [3.05, 3.63) is 59.9 Å².